The van der Waals surface area contributed by atoms with Crippen LogP contribution >= 0.6 is 0 Å². The molecule has 20 heavy (non-hydrogen) atoms. The fraction of sp³-hybridized carbons (Fsp3) is 0.941. The zero-order chi connectivity index (χ0) is 14.6. The Balaban J connectivity index is 1.92. The van der Waals surface area contributed by atoms with Crippen molar-refractivity contribution in [3.05, 3.63) is 0 Å². The van der Waals surface area contributed by atoms with E-state index in [1.54, 1.807) is 0 Å². The molecule has 3 heteroatoms. The summed E-state index contributed by atoms with van der Waals surface area (Å²) in [6.07, 6.45) is 12.8. The van der Waals surface area contributed by atoms with Gasteiger partial charge in [-0.2, -0.15) is 0 Å². The topological polar surface area (TPSA) is 46.5 Å². The average Bonchev–Trinajstić information content (AvgIpc) is 2.44. The summed E-state index contributed by atoms with van der Waals surface area (Å²) in [5, 5.41) is 9.57. The third-order valence-electron chi connectivity index (χ3n) is 4.22. The maximum absolute atomic E-state index is 11.6. The van der Waals surface area contributed by atoms with Crippen molar-refractivity contribution in [1.82, 2.24) is 0 Å². The largest absolute Gasteiger partial charge is 0.465 e. The van der Waals surface area contributed by atoms with E-state index in [2.05, 4.69) is 6.92 Å². The van der Waals surface area contributed by atoms with Crippen molar-refractivity contribution in [2.24, 2.45) is 5.92 Å². The van der Waals surface area contributed by atoms with Gasteiger partial charge in [0.15, 0.2) is 0 Å². The van der Waals surface area contributed by atoms with Crippen molar-refractivity contribution in [1.29, 1.82) is 0 Å². The van der Waals surface area contributed by atoms with Crippen molar-refractivity contribution in [2.45, 2.75) is 90.1 Å². The fourth-order valence-corrected chi connectivity index (χ4v) is 2.92. The minimum absolute atomic E-state index is 0.0568. The molecule has 0 aromatic heterocycles. The van der Waals surface area contributed by atoms with E-state index in [1.807, 2.05) is 0 Å². The summed E-state index contributed by atoms with van der Waals surface area (Å²) in [7, 11) is 0. The van der Waals surface area contributed by atoms with Crippen molar-refractivity contribution >= 4 is 5.97 Å². The van der Waals surface area contributed by atoms with Gasteiger partial charge in [0.05, 0.1) is 12.7 Å². The van der Waals surface area contributed by atoms with Gasteiger partial charge >= 0.3 is 5.97 Å². The molecule has 0 amide bonds. The van der Waals surface area contributed by atoms with Crippen LogP contribution in [0.1, 0.15) is 84.0 Å². The Labute approximate surface area is 124 Å². The molecule has 118 valence electrons. The van der Waals surface area contributed by atoms with E-state index in [4.69, 9.17) is 4.74 Å². The van der Waals surface area contributed by atoms with Gasteiger partial charge in [0.1, 0.15) is 0 Å². The van der Waals surface area contributed by atoms with Crippen LogP contribution in [-0.4, -0.2) is 23.8 Å². The Hall–Kier alpha value is -0.570. The maximum atomic E-state index is 11.6. The second-order valence-electron chi connectivity index (χ2n) is 6.24. The Morgan fingerprint density at radius 2 is 1.80 bits per heavy atom. The van der Waals surface area contributed by atoms with Crippen molar-refractivity contribution in [3.63, 3.8) is 0 Å². The zero-order valence-electron chi connectivity index (χ0n) is 13.1. The van der Waals surface area contributed by atoms with Crippen LogP contribution in [0.4, 0.5) is 0 Å². The molecular weight excluding hydrogens is 252 g/mol. The smallest absolute Gasteiger partial charge is 0.305 e. The van der Waals surface area contributed by atoms with E-state index in [9.17, 15) is 9.90 Å². The highest BCUT2D eigenvalue weighted by atomic mass is 16.5. The minimum Gasteiger partial charge on any atom is -0.465 e. The lowest BCUT2D eigenvalue weighted by Gasteiger charge is -2.25. The van der Waals surface area contributed by atoms with Crippen molar-refractivity contribution in [2.75, 3.05) is 6.61 Å². The predicted octanol–water partition coefficient (Wildman–Crippen LogP) is 4.22. The molecule has 2 unspecified atom stereocenters. The molecule has 1 aliphatic rings. The number of carbonyl (C=O) groups is 1. The molecule has 1 fully saturated rings. The monoisotopic (exact) mass is 284 g/mol. The van der Waals surface area contributed by atoms with Gasteiger partial charge in [0.25, 0.3) is 0 Å². The third kappa shape index (κ3) is 8.57. The lowest BCUT2D eigenvalue weighted by Crippen LogP contribution is -2.24. The lowest BCUT2D eigenvalue weighted by molar-refractivity contribution is -0.145. The molecular formula is C17H32O3. The van der Waals surface area contributed by atoms with Crippen LogP contribution < -0.4 is 0 Å². The number of esters is 1. The molecule has 1 rings (SSSR count). The summed E-state index contributed by atoms with van der Waals surface area (Å²) in [6, 6.07) is 0. The molecule has 2 atom stereocenters. The number of carbonyl (C=O) groups excluding carboxylic acids is 1. The first-order valence-electron chi connectivity index (χ1n) is 8.56. The molecule has 1 aliphatic carbocycles. The summed E-state index contributed by atoms with van der Waals surface area (Å²) in [6.45, 7) is 2.73. The molecule has 0 spiro atoms. The van der Waals surface area contributed by atoms with Crippen LogP contribution in [0.3, 0.4) is 0 Å². The molecule has 0 aromatic carbocycles. The standard InChI is InChI=1S/C17H32O3/c1-2-3-4-5-6-7-8-12-17(19)20-14-15-10-9-11-16(18)13-15/h15-16,18H,2-14H2,1H3. The quantitative estimate of drug-likeness (QED) is 0.482. The van der Waals surface area contributed by atoms with Crippen LogP contribution in [0, 0.1) is 5.92 Å². The van der Waals surface area contributed by atoms with Gasteiger partial charge in [-0.15, -0.1) is 0 Å². The van der Waals surface area contributed by atoms with Crippen LogP contribution in [0.2, 0.25) is 0 Å². The second-order valence-corrected chi connectivity index (χ2v) is 6.24. The molecule has 0 radical (unpaired) electrons. The fourth-order valence-electron chi connectivity index (χ4n) is 2.92. The first kappa shape index (κ1) is 17.5. The molecule has 0 aromatic rings. The predicted molar refractivity (Wildman–Crippen MR) is 81.5 cm³/mol. The molecule has 1 N–H and O–H groups in total. The van der Waals surface area contributed by atoms with Gasteiger partial charge in [-0.1, -0.05) is 51.9 Å². The van der Waals surface area contributed by atoms with Gasteiger partial charge < -0.3 is 9.84 Å². The first-order valence-corrected chi connectivity index (χ1v) is 8.56. The molecule has 0 bridgehead atoms. The Morgan fingerprint density at radius 3 is 2.50 bits per heavy atom. The highest BCUT2D eigenvalue weighted by Crippen LogP contribution is 2.24. The van der Waals surface area contributed by atoms with E-state index in [0.29, 0.717) is 18.9 Å². The van der Waals surface area contributed by atoms with E-state index in [0.717, 1.165) is 38.5 Å². The SMILES string of the molecule is CCCCCCCCCC(=O)OCC1CCCC(O)C1. The van der Waals surface area contributed by atoms with Gasteiger partial charge in [0, 0.05) is 6.42 Å². The molecule has 1 saturated carbocycles. The van der Waals surface area contributed by atoms with E-state index >= 15 is 0 Å². The number of aliphatic hydroxyl groups excluding tert-OH is 1. The average molecular weight is 284 g/mol. The summed E-state index contributed by atoms with van der Waals surface area (Å²) in [5.41, 5.74) is 0. The zero-order valence-corrected chi connectivity index (χ0v) is 13.1. The van der Waals surface area contributed by atoms with Gasteiger partial charge in [-0.05, 0) is 31.6 Å². The summed E-state index contributed by atoms with van der Waals surface area (Å²) in [5.74, 6) is 0.315. The summed E-state index contributed by atoms with van der Waals surface area (Å²) < 4.78 is 5.32. The summed E-state index contributed by atoms with van der Waals surface area (Å²) in [4.78, 5) is 11.6. The first-order chi connectivity index (χ1) is 9.72. The number of unbranched alkanes of at least 4 members (excludes halogenated alkanes) is 6. The van der Waals surface area contributed by atoms with E-state index in [-0.39, 0.29) is 12.1 Å². The minimum atomic E-state index is -0.185. The molecule has 0 heterocycles. The molecule has 0 saturated heterocycles. The molecule has 0 aliphatic heterocycles. The van der Waals surface area contributed by atoms with Crippen molar-refractivity contribution in [3.8, 4) is 0 Å². The third-order valence-corrected chi connectivity index (χ3v) is 4.22. The van der Waals surface area contributed by atoms with E-state index < -0.39 is 0 Å². The molecule has 3 nitrogen and oxygen atoms in total. The number of hydrogen-bond donors (Lipinski definition) is 1. The Bertz CT molecular complexity index is 253. The van der Waals surface area contributed by atoms with Crippen molar-refractivity contribution < 1.29 is 14.6 Å². The number of hydrogen-bond acceptors (Lipinski definition) is 3. The summed E-state index contributed by atoms with van der Waals surface area (Å²) >= 11 is 0. The van der Waals surface area contributed by atoms with Gasteiger partial charge in [0.2, 0.25) is 0 Å². The lowest BCUT2D eigenvalue weighted by atomic mass is 9.88. The van der Waals surface area contributed by atoms with Gasteiger partial charge in [-0.3, -0.25) is 4.79 Å². The van der Waals surface area contributed by atoms with Crippen LogP contribution in [-0.2, 0) is 9.53 Å². The Kier molecular flexibility index (Phi) is 9.73. The number of aliphatic hydroxyl groups is 1. The highest BCUT2D eigenvalue weighted by Gasteiger charge is 2.21. The second kappa shape index (κ2) is 11.1. The number of ether oxygens (including phenoxy) is 1. The van der Waals surface area contributed by atoms with E-state index in [1.165, 1.54) is 32.1 Å². The highest BCUT2D eigenvalue weighted by molar-refractivity contribution is 5.69. The maximum Gasteiger partial charge on any atom is 0.305 e. The van der Waals surface area contributed by atoms with Crippen LogP contribution in [0.25, 0.3) is 0 Å². The van der Waals surface area contributed by atoms with Crippen LogP contribution in [0.15, 0.2) is 0 Å². The van der Waals surface area contributed by atoms with Gasteiger partial charge in [-0.25, -0.2) is 0 Å². The Morgan fingerprint density at radius 1 is 1.10 bits per heavy atom. The number of rotatable bonds is 10. The normalized spacial score (nSPS) is 22.7. The van der Waals surface area contributed by atoms with Crippen LogP contribution in [0.5, 0.6) is 0 Å².